The van der Waals surface area contributed by atoms with Crippen LogP contribution in [0, 0.1) is 0 Å². The summed E-state index contributed by atoms with van der Waals surface area (Å²) in [5.74, 6) is -0.866. The van der Waals surface area contributed by atoms with Gasteiger partial charge in [-0.15, -0.1) is 0 Å². The molecule has 128 valence electrons. The van der Waals surface area contributed by atoms with Crippen molar-refractivity contribution in [1.29, 1.82) is 0 Å². The molecule has 0 aliphatic carbocycles. The van der Waals surface area contributed by atoms with E-state index in [0.717, 1.165) is 30.2 Å². The van der Waals surface area contributed by atoms with E-state index >= 15 is 0 Å². The number of ether oxygens (including phenoxy) is 1. The van der Waals surface area contributed by atoms with Gasteiger partial charge in [-0.25, -0.2) is 4.79 Å². The number of amides is 4. The van der Waals surface area contributed by atoms with Crippen molar-refractivity contribution in [3.05, 3.63) is 33.8 Å². The highest BCUT2D eigenvalue weighted by Crippen LogP contribution is 2.26. The van der Waals surface area contributed by atoms with Crippen LogP contribution in [0.5, 0.6) is 5.75 Å². The summed E-state index contributed by atoms with van der Waals surface area (Å²) < 4.78 is 6.57. The van der Waals surface area contributed by atoms with Crippen molar-refractivity contribution in [2.45, 2.75) is 32.6 Å². The quantitative estimate of drug-likeness (QED) is 0.422. The molecule has 7 heteroatoms. The zero-order chi connectivity index (χ0) is 17.5. The van der Waals surface area contributed by atoms with E-state index in [4.69, 9.17) is 4.74 Å². The standard InChI is InChI=1S/C17H19BrN2O4/c1-2-3-4-5-8-24-14-7-6-12(18)9-11(14)10-13-15(21)19-17(23)20-16(13)22/h6-7,9-10H,2-5,8H2,1H3,(H2,19,20,21,22,23). The van der Waals surface area contributed by atoms with Crippen LogP contribution in [0.25, 0.3) is 6.08 Å². The third-order valence-corrected chi connectivity index (χ3v) is 3.96. The van der Waals surface area contributed by atoms with Crippen LogP contribution >= 0.6 is 15.9 Å². The van der Waals surface area contributed by atoms with Gasteiger partial charge in [-0.05, 0) is 30.7 Å². The van der Waals surface area contributed by atoms with Gasteiger partial charge in [0.05, 0.1) is 6.61 Å². The van der Waals surface area contributed by atoms with Gasteiger partial charge in [-0.1, -0.05) is 42.1 Å². The molecule has 1 saturated heterocycles. The van der Waals surface area contributed by atoms with Gasteiger partial charge in [0.2, 0.25) is 0 Å². The lowest BCUT2D eigenvalue weighted by Gasteiger charge is -2.15. The number of hydrogen-bond acceptors (Lipinski definition) is 4. The maximum atomic E-state index is 11.8. The fourth-order valence-corrected chi connectivity index (χ4v) is 2.62. The molecule has 0 atom stereocenters. The molecule has 0 spiro atoms. The number of halogens is 1. The first kappa shape index (κ1) is 18.2. The molecular weight excluding hydrogens is 376 g/mol. The van der Waals surface area contributed by atoms with Crippen LogP contribution in [0.2, 0.25) is 0 Å². The number of barbiturate groups is 1. The Morgan fingerprint density at radius 3 is 2.46 bits per heavy atom. The van der Waals surface area contributed by atoms with E-state index in [1.54, 1.807) is 12.1 Å². The predicted molar refractivity (Wildman–Crippen MR) is 93.4 cm³/mol. The molecule has 1 aliphatic rings. The van der Waals surface area contributed by atoms with Gasteiger partial charge < -0.3 is 4.74 Å². The van der Waals surface area contributed by atoms with Gasteiger partial charge in [0, 0.05) is 10.0 Å². The highest BCUT2D eigenvalue weighted by Gasteiger charge is 2.28. The van der Waals surface area contributed by atoms with Crippen molar-refractivity contribution in [3.8, 4) is 5.75 Å². The molecule has 4 amide bonds. The molecule has 0 bridgehead atoms. The highest BCUT2D eigenvalue weighted by atomic mass is 79.9. The summed E-state index contributed by atoms with van der Waals surface area (Å²) in [4.78, 5) is 34.8. The van der Waals surface area contributed by atoms with Gasteiger partial charge in [0.25, 0.3) is 11.8 Å². The summed E-state index contributed by atoms with van der Waals surface area (Å²) in [5.41, 5.74) is 0.457. The number of carbonyl (C=O) groups excluding carboxylic acids is 3. The number of carbonyl (C=O) groups is 3. The van der Waals surface area contributed by atoms with Gasteiger partial charge in [0.15, 0.2) is 0 Å². The Hall–Kier alpha value is -2.15. The average Bonchev–Trinajstić information content (AvgIpc) is 2.52. The number of rotatable bonds is 7. The van der Waals surface area contributed by atoms with Crippen LogP contribution in [0.1, 0.15) is 38.2 Å². The third-order valence-electron chi connectivity index (χ3n) is 3.47. The Balaban J connectivity index is 2.17. The summed E-state index contributed by atoms with van der Waals surface area (Å²) in [6, 6.07) is 4.54. The maximum absolute atomic E-state index is 11.8. The molecule has 2 rings (SSSR count). The first-order chi connectivity index (χ1) is 11.5. The molecular formula is C17H19BrN2O4. The van der Waals surface area contributed by atoms with E-state index in [-0.39, 0.29) is 5.57 Å². The first-order valence-corrected chi connectivity index (χ1v) is 8.61. The topological polar surface area (TPSA) is 84.5 Å². The van der Waals surface area contributed by atoms with Gasteiger partial charge in [-0.2, -0.15) is 0 Å². The molecule has 0 radical (unpaired) electrons. The van der Waals surface area contributed by atoms with Crippen LogP contribution in [-0.4, -0.2) is 24.5 Å². The second kappa shape index (κ2) is 8.63. The molecule has 1 aromatic carbocycles. The van der Waals surface area contributed by atoms with Crippen molar-refractivity contribution in [2.75, 3.05) is 6.61 Å². The Morgan fingerprint density at radius 1 is 1.08 bits per heavy atom. The SMILES string of the molecule is CCCCCCOc1ccc(Br)cc1C=C1C(=O)NC(=O)NC1=O. The van der Waals surface area contributed by atoms with Crippen molar-refractivity contribution >= 4 is 39.9 Å². The molecule has 1 fully saturated rings. The first-order valence-electron chi connectivity index (χ1n) is 7.82. The van der Waals surface area contributed by atoms with Crippen LogP contribution in [0.4, 0.5) is 4.79 Å². The summed E-state index contributed by atoms with van der Waals surface area (Å²) in [6.45, 7) is 2.71. The lowest BCUT2D eigenvalue weighted by Crippen LogP contribution is -2.51. The molecule has 0 unspecified atom stereocenters. The largest absolute Gasteiger partial charge is 0.493 e. The highest BCUT2D eigenvalue weighted by molar-refractivity contribution is 9.10. The smallest absolute Gasteiger partial charge is 0.328 e. The Labute approximate surface area is 148 Å². The zero-order valence-corrected chi connectivity index (χ0v) is 14.9. The predicted octanol–water partition coefficient (Wildman–Crippen LogP) is 3.16. The fraction of sp³-hybridized carbons (Fsp3) is 0.353. The summed E-state index contributed by atoms with van der Waals surface area (Å²) in [5, 5.41) is 4.10. The number of benzene rings is 1. The normalized spacial score (nSPS) is 14.2. The molecule has 1 aliphatic heterocycles. The van der Waals surface area contributed by atoms with E-state index in [0.29, 0.717) is 17.9 Å². The molecule has 6 nitrogen and oxygen atoms in total. The Kier molecular flexibility index (Phi) is 6.54. The zero-order valence-electron chi connectivity index (χ0n) is 13.4. The number of unbranched alkanes of at least 4 members (excludes halogenated alkanes) is 3. The number of hydrogen-bond donors (Lipinski definition) is 2. The number of urea groups is 1. The fourth-order valence-electron chi connectivity index (χ4n) is 2.24. The van der Waals surface area contributed by atoms with Crippen molar-refractivity contribution in [2.24, 2.45) is 0 Å². The van der Waals surface area contributed by atoms with E-state index in [1.807, 2.05) is 16.7 Å². The average molecular weight is 395 g/mol. The third kappa shape index (κ3) is 4.92. The lowest BCUT2D eigenvalue weighted by atomic mass is 10.1. The summed E-state index contributed by atoms with van der Waals surface area (Å²) >= 11 is 3.36. The van der Waals surface area contributed by atoms with Crippen molar-refractivity contribution in [3.63, 3.8) is 0 Å². The van der Waals surface area contributed by atoms with Crippen molar-refractivity contribution in [1.82, 2.24) is 10.6 Å². The summed E-state index contributed by atoms with van der Waals surface area (Å²) in [6.07, 6.45) is 5.77. The molecule has 1 heterocycles. The Bertz CT molecular complexity index is 663. The molecule has 1 aromatic rings. The van der Waals surface area contributed by atoms with E-state index < -0.39 is 17.8 Å². The molecule has 0 aromatic heterocycles. The van der Waals surface area contributed by atoms with Gasteiger partial charge in [0.1, 0.15) is 11.3 Å². The second-order valence-electron chi connectivity index (χ2n) is 5.39. The van der Waals surface area contributed by atoms with Crippen LogP contribution in [0.3, 0.4) is 0 Å². The molecule has 2 N–H and O–H groups in total. The van der Waals surface area contributed by atoms with Gasteiger partial charge in [-0.3, -0.25) is 20.2 Å². The minimum atomic E-state index is -0.816. The van der Waals surface area contributed by atoms with Gasteiger partial charge >= 0.3 is 6.03 Å². The minimum Gasteiger partial charge on any atom is -0.493 e. The number of nitrogens with one attached hydrogen (secondary N) is 2. The number of imide groups is 2. The van der Waals surface area contributed by atoms with E-state index in [9.17, 15) is 14.4 Å². The monoisotopic (exact) mass is 394 g/mol. The van der Waals surface area contributed by atoms with Crippen LogP contribution < -0.4 is 15.4 Å². The molecule has 24 heavy (non-hydrogen) atoms. The minimum absolute atomic E-state index is 0.136. The Morgan fingerprint density at radius 2 is 1.79 bits per heavy atom. The van der Waals surface area contributed by atoms with E-state index in [2.05, 4.69) is 22.9 Å². The maximum Gasteiger partial charge on any atom is 0.328 e. The second-order valence-corrected chi connectivity index (χ2v) is 6.30. The van der Waals surface area contributed by atoms with Crippen molar-refractivity contribution < 1.29 is 19.1 Å². The van der Waals surface area contributed by atoms with Crippen LogP contribution in [-0.2, 0) is 9.59 Å². The molecule has 0 saturated carbocycles. The lowest BCUT2D eigenvalue weighted by molar-refractivity contribution is -0.123. The van der Waals surface area contributed by atoms with E-state index in [1.165, 1.54) is 6.08 Å². The summed E-state index contributed by atoms with van der Waals surface area (Å²) in [7, 11) is 0. The van der Waals surface area contributed by atoms with Crippen LogP contribution in [0.15, 0.2) is 28.2 Å².